The summed E-state index contributed by atoms with van der Waals surface area (Å²) in [4.78, 5) is 12.0. The zero-order chi connectivity index (χ0) is 13.7. The third-order valence-electron chi connectivity index (χ3n) is 3.59. The molecule has 0 aromatic heterocycles. The molecule has 2 rings (SSSR count). The maximum atomic E-state index is 12.0. The van der Waals surface area contributed by atoms with Crippen LogP contribution in [0.15, 0.2) is 24.3 Å². The van der Waals surface area contributed by atoms with Gasteiger partial charge in [0.05, 0.1) is 25.2 Å². The van der Waals surface area contributed by atoms with E-state index in [1.54, 1.807) is 0 Å². The van der Waals surface area contributed by atoms with Crippen molar-refractivity contribution in [1.29, 1.82) is 0 Å². The second-order valence-corrected chi connectivity index (χ2v) is 4.90. The molecule has 2 atom stereocenters. The molecule has 104 valence electrons. The summed E-state index contributed by atoms with van der Waals surface area (Å²) in [5, 5.41) is 12.3. The molecule has 2 unspecified atom stereocenters. The fourth-order valence-electron chi connectivity index (χ4n) is 2.25. The van der Waals surface area contributed by atoms with E-state index in [1.807, 2.05) is 24.3 Å². The predicted molar refractivity (Wildman–Crippen MR) is 72.7 cm³/mol. The first-order chi connectivity index (χ1) is 9.24. The van der Waals surface area contributed by atoms with Crippen molar-refractivity contribution in [1.82, 2.24) is 5.32 Å². The summed E-state index contributed by atoms with van der Waals surface area (Å²) < 4.78 is 5.21. The number of benzene rings is 1. The second kappa shape index (κ2) is 6.68. The summed E-state index contributed by atoms with van der Waals surface area (Å²) in [6.45, 7) is 3.14. The monoisotopic (exact) mass is 263 g/mol. The van der Waals surface area contributed by atoms with Crippen LogP contribution in [0.5, 0.6) is 0 Å². The van der Waals surface area contributed by atoms with E-state index in [2.05, 4.69) is 12.2 Å². The van der Waals surface area contributed by atoms with Gasteiger partial charge in [0.2, 0.25) is 5.91 Å². The Bertz CT molecular complexity index is 410. The van der Waals surface area contributed by atoms with Crippen molar-refractivity contribution in [2.45, 2.75) is 25.8 Å². The highest BCUT2D eigenvalue weighted by atomic mass is 16.5. The highest BCUT2D eigenvalue weighted by molar-refractivity contribution is 5.79. The van der Waals surface area contributed by atoms with E-state index in [4.69, 9.17) is 4.74 Å². The Balaban J connectivity index is 2.00. The van der Waals surface area contributed by atoms with Crippen molar-refractivity contribution < 1.29 is 14.6 Å². The zero-order valence-electron chi connectivity index (χ0n) is 11.3. The molecule has 4 nitrogen and oxygen atoms in total. The fraction of sp³-hybridized carbons (Fsp3) is 0.533. The number of aliphatic hydroxyl groups is 1. The lowest BCUT2D eigenvalue weighted by molar-refractivity contribution is -0.126. The van der Waals surface area contributed by atoms with E-state index in [0.717, 1.165) is 18.4 Å². The van der Waals surface area contributed by atoms with Crippen molar-refractivity contribution in [3.8, 4) is 0 Å². The lowest BCUT2D eigenvalue weighted by Crippen LogP contribution is -2.35. The summed E-state index contributed by atoms with van der Waals surface area (Å²) in [6, 6.07) is 7.65. The van der Waals surface area contributed by atoms with Crippen LogP contribution in [0.3, 0.4) is 0 Å². The normalized spacial score (nSPS) is 20.2. The van der Waals surface area contributed by atoms with Crippen LogP contribution >= 0.6 is 0 Å². The van der Waals surface area contributed by atoms with Crippen LogP contribution in [0, 0.1) is 5.92 Å². The van der Waals surface area contributed by atoms with Crippen LogP contribution in [0.2, 0.25) is 0 Å². The highest BCUT2D eigenvalue weighted by Crippen LogP contribution is 2.17. The number of hydrogen-bond donors (Lipinski definition) is 2. The highest BCUT2D eigenvalue weighted by Gasteiger charge is 2.25. The van der Waals surface area contributed by atoms with E-state index in [0.29, 0.717) is 13.2 Å². The third-order valence-corrected chi connectivity index (χ3v) is 3.59. The van der Waals surface area contributed by atoms with E-state index in [-0.39, 0.29) is 24.5 Å². The van der Waals surface area contributed by atoms with Crippen molar-refractivity contribution in [3.05, 3.63) is 35.4 Å². The topological polar surface area (TPSA) is 58.6 Å². The van der Waals surface area contributed by atoms with Gasteiger partial charge in [-0.05, 0) is 24.0 Å². The van der Waals surface area contributed by atoms with E-state index < -0.39 is 0 Å². The summed E-state index contributed by atoms with van der Waals surface area (Å²) in [6.07, 6.45) is 1.74. The maximum Gasteiger partial charge on any atom is 0.226 e. The zero-order valence-corrected chi connectivity index (χ0v) is 11.3. The molecule has 1 aromatic rings. The first kappa shape index (κ1) is 14.0. The van der Waals surface area contributed by atoms with Crippen LogP contribution in [0.1, 0.15) is 30.5 Å². The minimum atomic E-state index is -0.334. The Morgan fingerprint density at radius 3 is 2.74 bits per heavy atom. The molecule has 1 aliphatic rings. The van der Waals surface area contributed by atoms with Crippen molar-refractivity contribution in [2.24, 2.45) is 5.92 Å². The van der Waals surface area contributed by atoms with Crippen LogP contribution < -0.4 is 5.32 Å². The van der Waals surface area contributed by atoms with Gasteiger partial charge in [-0.15, -0.1) is 0 Å². The number of carbonyl (C=O) groups excluding carboxylic acids is 1. The minimum absolute atomic E-state index is 0.0314. The molecule has 0 radical (unpaired) electrons. The number of aliphatic hydroxyl groups excluding tert-OH is 1. The molecule has 2 N–H and O–H groups in total. The Morgan fingerprint density at radius 1 is 1.47 bits per heavy atom. The first-order valence-electron chi connectivity index (χ1n) is 6.82. The molecule has 1 saturated heterocycles. The van der Waals surface area contributed by atoms with Crippen molar-refractivity contribution in [3.63, 3.8) is 0 Å². The van der Waals surface area contributed by atoms with E-state index in [1.165, 1.54) is 5.56 Å². The summed E-state index contributed by atoms with van der Waals surface area (Å²) in [7, 11) is 0. The third kappa shape index (κ3) is 3.55. The second-order valence-electron chi connectivity index (χ2n) is 4.90. The Hall–Kier alpha value is -1.39. The number of hydrogen-bond acceptors (Lipinski definition) is 3. The quantitative estimate of drug-likeness (QED) is 0.845. The van der Waals surface area contributed by atoms with Gasteiger partial charge in [0, 0.05) is 6.61 Å². The van der Waals surface area contributed by atoms with Gasteiger partial charge in [-0.25, -0.2) is 0 Å². The van der Waals surface area contributed by atoms with Gasteiger partial charge in [0.15, 0.2) is 0 Å². The molecule has 1 fully saturated rings. The average Bonchev–Trinajstić information content (AvgIpc) is 2.99. The number of carbonyl (C=O) groups is 1. The summed E-state index contributed by atoms with van der Waals surface area (Å²) in [5.74, 6) is -0.111. The van der Waals surface area contributed by atoms with Gasteiger partial charge in [-0.2, -0.15) is 0 Å². The average molecular weight is 263 g/mol. The van der Waals surface area contributed by atoms with Gasteiger partial charge >= 0.3 is 0 Å². The molecule has 4 heteroatoms. The molecular formula is C15H21NO3. The Labute approximate surface area is 113 Å². The molecule has 0 aliphatic carbocycles. The molecule has 0 bridgehead atoms. The van der Waals surface area contributed by atoms with Crippen LogP contribution in [0.25, 0.3) is 0 Å². The molecule has 0 saturated carbocycles. The Morgan fingerprint density at radius 2 is 2.21 bits per heavy atom. The van der Waals surface area contributed by atoms with Gasteiger partial charge < -0.3 is 15.2 Å². The largest absolute Gasteiger partial charge is 0.394 e. The van der Waals surface area contributed by atoms with Gasteiger partial charge in [0.25, 0.3) is 0 Å². The van der Waals surface area contributed by atoms with Crippen LogP contribution in [-0.4, -0.2) is 30.8 Å². The van der Waals surface area contributed by atoms with E-state index >= 15 is 0 Å². The number of amides is 1. The predicted octanol–water partition coefficient (Wildman–Crippen LogP) is 1.44. The maximum absolute atomic E-state index is 12.0. The molecular weight excluding hydrogens is 242 g/mol. The van der Waals surface area contributed by atoms with Crippen molar-refractivity contribution >= 4 is 5.91 Å². The number of aryl methyl sites for hydroxylation is 1. The van der Waals surface area contributed by atoms with Crippen LogP contribution in [0.4, 0.5) is 0 Å². The molecule has 1 heterocycles. The number of ether oxygens (including phenoxy) is 1. The standard InChI is InChI=1S/C15H21NO3/c1-2-11-3-5-12(6-4-11)14(9-17)16-15(18)13-7-8-19-10-13/h3-6,13-14,17H,2,7-10H2,1H3,(H,16,18). The summed E-state index contributed by atoms with van der Waals surface area (Å²) in [5.41, 5.74) is 2.18. The molecule has 1 aromatic carbocycles. The lowest BCUT2D eigenvalue weighted by atomic mass is 10.0. The first-order valence-corrected chi connectivity index (χ1v) is 6.82. The summed E-state index contributed by atoms with van der Waals surface area (Å²) >= 11 is 0. The molecule has 19 heavy (non-hydrogen) atoms. The SMILES string of the molecule is CCc1ccc(C(CO)NC(=O)C2CCOC2)cc1. The lowest BCUT2D eigenvalue weighted by Gasteiger charge is -2.19. The smallest absolute Gasteiger partial charge is 0.226 e. The fourth-order valence-corrected chi connectivity index (χ4v) is 2.25. The number of rotatable bonds is 5. The molecule has 1 amide bonds. The van der Waals surface area contributed by atoms with E-state index in [9.17, 15) is 9.90 Å². The van der Waals surface area contributed by atoms with Gasteiger partial charge in [0.1, 0.15) is 0 Å². The van der Waals surface area contributed by atoms with Crippen molar-refractivity contribution in [2.75, 3.05) is 19.8 Å². The molecule has 0 spiro atoms. The minimum Gasteiger partial charge on any atom is -0.394 e. The number of nitrogens with one attached hydrogen (secondary N) is 1. The van der Waals surface area contributed by atoms with Crippen LogP contribution in [-0.2, 0) is 16.0 Å². The molecule has 1 aliphatic heterocycles. The van der Waals surface area contributed by atoms with Gasteiger partial charge in [-0.1, -0.05) is 31.2 Å². The van der Waals surface area contributed by atoms with Gasteiger partial charge in [-0.3, -0.25) is 4.79 Å². The Kier molecular flexibility index (Phi) is 4.93.